The van der Waals surface area contributed by atoms with E-state index in [1.807, 2.05) is 25.1 Å². The van der Waals surface area contributed by atoms with Gasteiger partial charge in [0, 0.05) is 0 Å². The zero-order valence-electron chi connectivity index (χ0n) is 14.7. The van der Waals surface area contributed by atoms with Crippen LogP contribution in [0.2, 0.25) is 0 Å². The van der Waals surface area contributed by atoms with E-state index >= 15 is 0 Å². The fraction of sp³-hybridized carbons (Fsp3) is 0.300. The van der Waals surface area contributed by atoms with E-state index in [-0.39, 0.29) is 24.3 Å². The Bertz CT molecular complexity index is 979. The fourth-order valence-corrected chi connectivity index (χ4v) is 4.01. The molecule has 1 aliphatic rings. The molecule has 0 unspecified atom stereocenters. The lowest BCUT2D eigenvalue weighted by Crippen LogP contribution is -2.53. The summed E-state index contributed by atoms with van der Waals surface area (Å²) in [6.45, 7) is 5.34. The molecular weight excluding hydrogens is 351 g/mol. The molecule has 0 N–H and O–H groups in total. The number of aromatic nitrogens is 1. The normalized spacial score (nSPS) is 14.5. The van der Waals surface area contributed by atoms with Gasteiger partial charge in [-0.2, -0.15) is 0 Å². The zero-order valence-corrected chi connectivity index (χ0v) is 15.5. The minimum atomic E-state index is -0.255. The van der Waals surface area contributed by atoms with Crippen molar-refractivity contribution >= 4 is 32.7 Å². The molecule has 0 radical (unpaired) electrons. The summed E-state index contributed by atoms with van der Waals surface area (Å²) in [6.07, 6.45) is 0.177. The largest absolute Gasteiger partial charge is 0.458 e. The number of carbonyl (C=O) groups is 1. The van der Waals surface area contributed by atoms with Crippen molar-refractivity contribution in [3.05, 3.63) is 58.9 Å². The van der Waals surface area contributed by atoms with Gasteiger partial charge in [-0.15, -0.1) is 0 Å². The molecule has 3 aromatic rings. The predicted octanol–water partition coefficient (Wildman–Crippen LogP) is 4.03. The van der Waals surface area contributed by atoms with Gasteiger partial charge in [-0.25, -0.2) is 9.37 Å². The molecular formula is C20H19FN2O2S. The number of thiazole rings is 1. The minimum Gasteiger partial charge on any atom is -0.458 e. The first-order valence-electron chi connectivity index (χ1n) is 8.54. The molecule has 1 aromatic heterocycles. The van der Waals surface area contributed by atoms with Crippen LogP contribution in [0.1, 0.15) is 16.7 Å². The maximum atomic E-state index is 13.3. The second kappa shape index (κ2) is 6.68. The number of hydrogen-bond donors (Lipinski definition) is 0. The van der Waals surface area contributed by atoms with Crippen LogP contribution < -0.4 is 4.90 Å². The van der Waals surface area contributed by atoms with Gasteiger partial charge in [0.25, 0.3) is 0 Å². The van der Waals surface area contributed by atoms with Crippen LogP contribution in [-0.4, -0.2) is 30.1 Å². The summed E-state index contributed by atoms with van der Waals surface area (Å²) in [5.74, 6) is -0.460. The van der Waals surface area contributed by atoms with E-state index < -0.39 is 0 Å². The van der Waals surface area contributed by atoms with E-state index in [1.165, 1.54) is 34.6 Å². The number of halogens is 1. The lowest BCUT2D eigenvalue weighted by molar-refractivity contribution is -0.149. The van der Waals surface area contributed by atoms with E-state index in [0.29, 0.717) is 13.1 Å². The van der Waals surface area contributed by atoms with Crippen molar-refractivity contribution in [1.82, 2.24) is 4.98 Å². The standard InChI is InChI=1S/C20H19FN2O2S/c1-12-3-4-14(7-13(12)2)8-19(24)25-16-10-23(11-16)20-22-17-6-5-15(21)9-18(17)26-20/h3-7,9,16H,8,10-11H2,1-2H3. The Kier molecular flexibility index (Phi) is 4.36. The van der Waals surface area contributed by atoms with Gasteiger partial charge in [0.15, 0.2) is 5.13 Å². The second-order valence-electron chi connectivity index (χ2n) is 6.72. The molecule has 0 amide bonds. The molecule has 1 aliphatic heterocycles. The highest BCUT2D eigenvalue weighted by molar-refractivity contribution is 7.22. The van der Waals surface area contributed by atoms with Gasteiger partial charge in [-0.1, -0.05) is 29.5 Å². The van der Waals surface area contributed by atoms with E-state index in [4.69, 9.17) is 4.74 Å². The Morgan fingerprint density at radius 3 is 2.81 bits per heavy atom. The van der Waals surface area contributed by atoms with Crippen LogP contribution in [0, 0.1) is 19.7 Å². The molecule has 0 bridgehead atoms. The van der Waals surface area contributed by atoms with Gasteiger partial charge in [-0.3, -0.25) is 4.79 Å². The van der Waals surface area contributed by atoms with Crippen LogP contribution in [0.4, 0.5) is 9.52 Å². The van der Waals surface area contributed by atoms with Crippen LogP contribution in [0.5, 0.6) is 0 Å². The number of aryl methyl sites for hydroxylation is 2. The van der Waals surface area contributed by atoms with Crippen molar-refractivity contribution in [2.45, 2.75) is 26.4 Å². The summed E-state index contributed by atoms with van der Waals surface area (Å²) in [6, 6.07) is 10.6. The zero-order chi connectivity index (χ0) is 18.3. The highest BCUT2D eigenvalue weighted by atomic mass is 32.1. The number of fused-ring (bicyclic) bond motifs is 1. The van der Waals surface area contributed by atoms with Gasteiger partial charge in [0.1, 0.15) is 11.9 Å². The van der Waals surface area contributed by atoms with E-state index in [1.54, 1.807) is 6.07 Å². The number of nitrogens with zero attached hydrogens (tertiary/aromatic N) is 2. The Balaban J connectivity index is 1.32. The number of carbonyl (C=O) groups excluding carboxylic acids is 1. The van der Waals surface area contributed by atoms with Crippen molar-refractivity contribution in [1.29, 1.82) is 0 Å². The number of ether oxygens (including phenoxy) is 1. The molecule has 4 rings (SSSR count). The van der Waals surface area contributed by atoms with Gasteiger partial charge >= 0.3 is 5.97 Å². The second-order valence-corrected chi connectivity index (χ2v) is 7.73. The highest BCUT2D eigenvalue weighted by Crippen LogP contribution is 2.32. The maximum Gasteiger partial charge on any atom is 0.310 e. The third-order valence-corrected chi connectivity index (χ3v) is 5.75. The monoisotopic (exact) mass is 370 g/mol. The molecule has 0 saturated carbocycles. The Hall–Kier alpha value is -2.47. The predicted molar refractivity (Wildman–Crippen MR) is 101 cm³/mol. The van der Waals surface area contributed by atoms with Crippen LogP contribution in [0.3, 0.4) is 0 Å². The first-order chi connectivity index (χ1) is 12.5. The minimum absolute atomic E-state index is 0.113. The number of benzene rings is 2. The van der Waals surface area contributed by atoms with Crippen LogP contribution in [-0.2, 0) is 16.0 Å². The van der Waals surface area contributed by atoms with Crippen molar-refractivity contribution in [2.24, 2.45) is 0 Å². The smallest absolute Gasteiger partial charge is 0.310 e. The maximum absolute atomic E-state index is 13.3. The first kappa shape index (κ1) is 17.0. The van der Waals surface area contributed by atoms with E-state index in [2.05, 4.69) is 16.8 Å². The lowest BCUT2D eigenvalue weighted by Gasteiger charge is -2.38. The number of esters is 1. The molecule has 0 aliphatic carbocycles. The molecule has 0 spiro atoms. The van der Waals surface area contributed by atoms with E-state index in [9.17, 15) is 9.18 Å². The molecule has 134 valence electrons. The molecule has 1 fully saturated rings. The number of hydrogen-bond acceptors (Lipinski definition) is 5. The molecule has 26 heavy (non-hydrogen) atoms. The quantitative estimate of drug-likeness (QED) is 0.651. The molecule has 2 heterocycles. The SMILES string of the molecule is Cc1ccc(CC(=O)OC2CN(c3nc4ccc(F)cc4s3)C2)cc1C. The summed E-state index contributed by atoms with van der Waals surface area (Å²) in [4.78, 5) is 18.7. The third-order valence-electron chi connectivity index (χ3n) is 4.68. The number of anilines is 1. The third kappa shape index (κ3) is 3.42. The first-order valence-corrected chi connectivity index (χ1v) is 9.36. The molecule has 2 aromatic carbocycles. The summed E-state index contributed by atoms with van der Waals surface area (Å²) in [5, 5.41) is 0.840. The average Bonchev–Trinajstić information content (AvgIpc) is 2.96. The van der Waals surface area contributed by atoms with Crippen molar-refractivity contribution in [3.8, 4) is 0 Å². The van der Waals surface area contributed by atoms with Crippen LogP contribution in [0.25, 0.3) is 10.2 Å². The van der Waals surface area contributed by atoms with Gasteiger partial charge in [0.05, 0.1) is 29.7 Å². The average molecular weight is 370 g/mol. The molecule has 4 nitrogen and oxygen atoms in total. The van der Waals surface area contributed by atoms with Gasteiger partial charge < -0.3 is 9.64 Å². The summed E-state index contributed by atoms with van der Waals surface area (Å²) in [5.41, 5.74) is 4.16. The number of rotatable bonds is 4. The lowest BCUT2D eigenvalue weighted by atomic mass is 10.0. The summed E-state index contributed by atoms with van der Waals surface area (Å²) < 4.78 is 19.7. The van der Waals surface area contributed by atoms with Crippen molar-refractivity contribution in [3.63, 3.8) is 0 Å². The molecule has 1 saturated heterocycles. The summed E-state index contributed by atoms with van der Waals surface area (Å²) >= 11 is 1.46. The van der Waals surface area contributed by atoms with Crippen molar-refractivity contribution in [2.75, 3.05) is 18.0 Å². The Labute approximate surface area is 155 Å². The van der Waals surface area contributed by atoms with Gasteiger partial charge in [0.2, 0.25) is 0 Å². The highest BCUT2D eigenvalue weighted by Gasteiger charge is 2.32. The van der Waals surface area contributed by atoms with Crippen LogP contribution >= 0.6 is 11.3 Å². The Morgan fingerprint density at radius 1 is 1.23 bits per heavy atom. The topological polar surface area (TPSA) is 42.4 Å². The fourth-order valence-electron chi connectivity index (χ4n) is 3.00. The molecule has 6 heteroatoms. The van der Waals surface area contributed by atoms with Crippen molar-refractivity contribution < 1.29 is 13.9 Å². The van der Waals surface area contributed by atoms with Gasteiger partial charge in [-0.05, 0) is 48.7 Å². The molecule has 0 atom stereocenters. The van der Waals surface area contributed by atoms with Crippen LogP contribution in [0.15, 0.2) is 36.4 Å². The van der Waals surface area contributed by atoms with E-state index in [0.717, 1.165) is 20.9 Å². The summed E-state index contributed by atoms with van der Waals surface area (Å²) in [7, 11) is 0. The Morgan fingerprint density at radius 2 is 2.04 bits per heavy atom.